The van der Waals surface area contributed by atoms with Gasteiger partial charge in [-0.25, -0.2) is 4.79 Å². The van der Waals surface area contributed by atoms with Crippen molar-refractivity contribution < 1.29 is 52.4 Å². The Kier molecular flexibility index (Phi) is 17.6. The van der Waals surface area contributed by atoms with Gasteiger partial charge < -0.3 is 43.1 Å². The summed E-state index contributed by atoms with van der Waals surface area (Å²) in [4.78, 5) is 83.8. The molecule has 1 saturated carbocycles. The van der Waals surface area contributed by atoms with Gasteiger partial charge in [0.2, 0.25) is 0 Å². The Bertz CT molecular complexity index is 2810. The number of benzene rings is 3. The van der Waals surface area contributed by atoms with Crippen LogP contribution in [0.4, 0.5) is 16.3 Å². The van der Waals surface area contributed by atoms with Crippen molar-refractivity contribution in [3.8, 4) is 12.1 Å². The van der Waals surface area contributed by atoms with E-state index in [0.717, 1.165) is 59.2 Å². The topological polar surface area (TPSA) is 206 Å². The molecule has 19 nitrogen and oxygen atoms in total. The molecule has 1 aliphatic carbocycles. The van der Waals surface area contributed by atoms with E-state index < -0.39 is 29.6 Å². The largest absolute Gasteiger partial charge is 0.462 e. The molecule has 1 unspecified atom stereocenters. The van der Waals surface area contributed by atoms with Gasteiger partial charge in [-0.2, -0.15) is 15.2 Å². The molecule has 4 aromatic rings. The Hall–Kier alpha value is -6.56. The summed E-state index contributed by atoms with van der Waals surface area (Å²) >= 11 is 0. The predicted molar refractivity (Wildman–Crippen MR) is 282 cm³/mol. The van der Waals surface area contributed by atoms with Gasteiger partial charge in [-0.15, -0.1) is 0 Å². The molecular formula is C57H70N8O11. The van der Waals surface area contributed by atoms with Crippen LogP contribution in [-0.4, -0.2) is 177 Å². The van der Waals surface area contributed by atoms with Crippen molar-refractivity contribution in [2.75, 3.05) is 102 Å². The van der Waals surface area contributed by atoms with Crippen LogP contribution in [0.2, 0.25) is 0 Å². The lowest BCUT2D eigenvalue weighted by Gasteiger charge is -2.42. The van der Waals surface area contributed by atoms with Crippen LogP contribution < -0.4 is 14.5 Å². The summed E-state index contributed by atoms with van der Waals surface area (Å²) in [6.07, 6.45) is 2.51. The number of rotatable bonds is 21. The Morgan fingerprint density at radius 3 is 2.33 bits per heavy atom. The van der Waals surface area contributed by atoms with E-state index in [-0.39, 0.29) is 55.4 Å². The zero-order chi connectivity index (χ0) is 53.3. The first-order valence-corrected chi connectivity index (χ1v) is 26.7. The second-order valence-electron chi connectivity index (χ2n) is 21.2. The van der Waals surface area contributed by atoms with E-state index in [4.69, 9.17) is 38.4 Å². The van der Waals surface area contributed by atoms with E-state index in [1.54, 1.807) is 17.0 Å². The number of piperazine rings is 1. The van der Waals surface area contributed by atoms with Crippen molar-refractivity contribution in [3.63, 3.8) is 0 Å². The summed E-state index contributed by atoms with van der Waals surface area (Å²) in [5.41, 5.74) is 3.83. The Morgan fingerprint density at radius 2 is 1.55 bits per heavy atom. The third-order valence-corrected chi connectivity index (χ3v) is 14.8. The molecule has 0 N–H and O–H groups in total. The quantitative estimate of drug-likeness (QED) is 0.0535. The highest BCUT2D eigenvalue weighted by Gasteiger charge is 2.45. The standard InChI is InChI=1S/C57H70N8O11/c1-57(2,3)76-56(70)64-24-23-63(34-40(64)19-21-58)52-45-20-22-62(48-16-8-11-38-10-5-6-14-44(38)48)36-47(45)59-55(60-52)75-37-41-32-43(35-61(41)4)74-31-30-73-29-28-72-27-26-71-25-9-13-39-12-7-15-46-51(39)54(69)65(53(46)68)49-18-17-42(66)33-50(49)67/h5-8,10-12,14-16,40-41,43,49H,9,13,17-20,22-37H2,1-4H3/t40-,41-,43+,49?/m0/s1. The van der Waals surface area contributed by atoms with Crippen molar-refractivity contribution in [3.05, 3.63) is 88.6 Å². The maximum atomic E-state index is 13.4. The average molecular weight is 1040 g/mol. The summed E-state index contributed by atoms with van der Waals surface area (Å²) in [6.45, 7) is 12.3. The van der Waals surface area contributed by atoms with Crippen LogP contribution in [0.1, 0.15) is 96.8 Å². The summed E-state index contributed by atoms with van der Waals surface area (Å²) in [5.74, 6) is -0.697. The second-order valence-corrected chi connectivity index (χ2v) is 21.2. The number of ether oxygens (including phenoxy) is 6. The molecule has 0 spiro atoms. The molecule has 9 rings (SSSR count). The van der Waals surface area contributed by atoms with Crippen LogP contribution in [0.5, 0.6) is 6.01 Å². The third kappa shape index (κ3) is 12.8. The highest BCUT2D eigenvalue weighted by molar-refractivity contribution is 6.24. The van der Waals surface area contributed by atoms with Crippen LogP contribution in [-0.2, 0) is 52.7 Å². The Morgan fingerprint density at radius 1 is 0.803 bits per heavy atom. The van der Waals surface area contributed by atoms with E-state index in [2.05, 4.69) is 70.3 Å². The van der Waals surface area contributed by atoms with Gasteiger partial charge >= 0.3 is 12.1 Å². The van der Waals surface area contributed by atoms with Gasteiger partial charge in [-0.05, 0) is 83.0 Å². The zero-order valence-electron chi connectivity index (χ0n) is 44.2. The number of carbonyl (C=O) groups is 5. The van der Waals surface area contributed by atoms with Crippen molar-refractivity contribution in [2.24, 2.45) is 0 Å². The fraction of sp³-hybridized carbons (Fsp3) is 0.544. The number of likely N-dealkylation sites (tertiary alicyclic amines) is 1. The normalized spacial score (nSPS) is 21.1. The molecule has 1 aromatic heterocycles. The highest BCUT2D eigenvalue weighted by Crippen LogP contribution is 2.36. The number of imide groups is 1. The van der Waals surface area contributed by atoms with Crippen LogP contribution in [0.3, 0.4) is 0 Å². The lowest BCUT2D eigenvalue weighted by Crippen LogP contribution is -2.56. The molecule has 4 atom stereocenters. The molecule has 4 aliphatic heterocycles. The summed E-state index contributed by atoms with van der Waals surface area (Å²) in [6, 6.07) is 21.4. The summed E-state index contributed by atoms with van der Waals surface area (Å²) in [5, 5.41) is 12.2. The van der Waals surface area contributed by atoms with Gasteiger partial charge in [0.1, 0.15) is 23.8 Å². The first-order valence-electron chi connectivity index (χ1n) is 26.7. The molecule has 3 amide bonds. The number of nitriles is 1. The van der Waals surface area contributed by atoms with Crippen molar-refractivity contribution in [1.82, 2.24) is 24.7 Å². The van der Waals surface area contributed by atoms with Gasteiger partial charge in [0.25, 0.3) is 11.8 Å². The molecular weight excluding hydrogens is 973 g/mol. The molecule has 5 heterocycles. The molecule has 404 valence electrons. The van der Waals surface area contributed by atoms with Gasteiger partial charge in [-0.3, -0.25) is 29.0 Å². The van der Waals surface area contributed by atoms with Crippen molar-refractivity contribution in [2.45, 2.75) is 109 Å². The van der Waals surface area contributed by atoms with E-state index in [1.165, 1.54) is 10.8 Å². The van der Waals surface area contributed by atoms with Crippen molar-refractivity contribution >= 4 is 51.8 Å². The number of hydrogen-bond donors (Lipinski definition) is 0. The predicted octanol–water partition coefficient (Wildman–Crippen LogP) is 5.97. The van der Waals surface area contributed by atoms with E-state index in [9.17, 15) is 29.2 Å². The summed E-state index contributed by atoms with van der Waals surface area (Å²) in [7, 11) is 2.07. The maximum Gasteiger partial charge on any atom is 0.410 e. The number of aryl methyl sites for hydroxylation is 1. The van der Waals surface area contributed by atoms with E-state index in [1.807, 2.05) is 26.8 Å². The lowest BCUT2D eigenvalue weighted by molar-refractivity contribution is -0.132. The molecule has 76 heavy (non-hydrogen) atoms. The van der Waals surface area contributed by atoms with E-state index in [0.29, 0.717) is 109 Å². The molecule has 2 saturated heterocycles. The molecule has 0 radical (unpaired) electrons. The third-order valence-electron chi connectivity index (χ3n) is 14.8. The fourth-order valence-electron chi connectivity index (χ4n) is 11.0. The minimum absolute atomic E-state index is 0.00367. The monoisotopic (exact) mass is 1040 g/mol. The van der Waals surface area contributed by atoms with Gasteiger partial charge in [-0.1, -0.05) is 48.5 Å². The lowest BCUT2D eigenvalue weighted by atomic mass is 9.92. The maximum absolute atomic E-state index is 13.4. The van der Waals surface area contributed by atoms with E-state index >= 15 is 0 Å². The van der Waals surface area contributed by atoms with Gasteiger partial charge in [0.15, 0.2) is 5.78 Å². The zero-order valence-corrected chi connectivity index (χ0v) is 44.2. The minimum atomic E-state index is -0.889. The average Bonchev–Trinajstić information content (AvgIpc) is 3.96. The fourth-order valence-corrected chi connectivity index (χ4v) is 11.0. The molecule has 3 aromatic carbocycles. The molecule has 19 heteroatoms. The number of fused-ring (bicyclic) bond motifs is 3. The van der Waals surface area contributed by atoms with Crippen LogP contribution in [0.15, 0.2) is 60.7 Å². The van der Waals surface area contributed by atoms with Crippen LogP contribution in [0.25, 0.3) is 10.8 Å². The number of carbonyl (C=O) groups excluding carboxylic acids is 5. The number of anilines is 2. The Balaban J connectivity index is 0.704. The molecule has 5 aliphatic rings. The number of likely N-dealkylation sites (N-methyl/N-ethyl adjacent to an activating group) is 1. The first kappa shape index (κ1) is 54.2. The number of hydrogen-bond acceptors (Lipinski definition) is 17. The number of aromatic nitrogens is 2. The number of Topliss-reactive ketones (excluding diaryl/α,β-unsaturated/α-hetero) is 2. The summed E-state index contributed by atoms with van der Waals surface area (Å²) < 4.78 is 35.7. The second kappa shape index (κ2) is 24.6. The van der Waals surface area contributed by atoms with Crippen LogP contribution >= 0.6 is 0 Å². The molecule has 3 fully saturated rings. The highest BCUT2D eigenvalue weighted by atomic mass is 16.6. The van der Waals surface area contributed by atoms with Gasteiger partial charge in [0, 0.05) is 68.4 Å². The number of nitrogens with zero attached hydrogens (tertiary/aromatic N) is 8. The first-order chi connectivity index (χ1) is 36.8. The van der Waals surface area contributed by atoms with Gasteiger partial charge in [0.05, 0.1) is 100 Å². The minimum Gasteiger partial charge on any atom is -0.462 e. The SMILES string of the molecule is CN1C[C@H](OCCOCCOCCOCCCc2cccc3c2C(=O)N(C2CCC(=O)CC2=O)C3=O)C[C@H]1COc1nc2c(c(N3CCN(C(=O)OC(C)(C)C)[C@@H](CC#N)C3)n1)CCN(c1cccc3ccccc13)C2. The van der Waals surface area contributed by atoms with Crippen LogP contribution in [0, 0.1) is 11.3 Å². The van der Waals surface area contributed by atoms with Crippen molar-refractivity contribution in [1.29, 1.82) is 5.26 Å². The Labute approximate surface area is 444 Å². The molecule has 0 bridgehead atoms. The smallest absolute Gasteiger partial charge is 0.410 e. The number of ketones is 2. The number of amides is 3.